The van der Waals surface area contributed by atoms with E-state index in [-0.39, 0.29) is 11.8 Å². The van der Waals surface area contributed by atoms with Gasteiger partial charge in [-0.3, -0.25) is 14.5 Å². The number of carbonyl (C=O) groups excluding carboxylic acids is 2. The molecule has 0 radical (unpaired) electrons. The van der Waals surface area contributed by atoms with Crippen LogP contribution in [-0.4, -0.2) is 48.9 Å². The fourth-order valence-electron chi connectivity index (χ4n) is 2.03. The molecule has 1 heterocycles. The summed E-state index contributed by atoms with van der Waals surface area (Å²) < 4.78 is 4.98. The molecule has 5 nitrogen and oxygen atoms in total. The van der Waals surface area contributed by atoms with Gasteiger partial charge in [0.05, 0.1) is 13.2 Å². The first-order valence-corrected chi connectivity index (χ1v) is 6.45. The summed E-state index contributed by atoms with van der Waals surface area (Å²) in [6.07, 6.45) is 1.39. The van der Waals surface area contributed by atoms with Gasteiger partial charge in [0.2, 0.25) is 0 Å². The van der Waals surface area contributed by atoms with Gasteiger partial charge in [-0.15, -0.1) is 0 Å². The minimum Gasteiger partial charge on any atom is -0.383 e. The number of hydrogen-bond acceptors (Lipinski definition) is 4. The molecule has 1 aromatic rings. The second kappa shape index (κ2) is 6.34. The van der Waals surface area contributed by atoms with Crippen LogP contribution >= 0.6 is 0 Å². The van der Waals surface area contributed by atoms with Crippen LogP contribution in [0, 0.1) is 0 Å². The molecule has 20 heavy (non-hydrogen) atoms. The normalized spacial score (nSPS) is 14.7. The lowest BCUT2D eigenvalue weighted by Crippen LogP contribution is -2.34. The van der Waals surface area contributed by atoms with E-state index in [1.165, 1.54) is 11.0 Å². The second-order valence-electron chi connectivity index (χ2n) is 4.66. The van der Waals surface area contributed by atoms with Crippen molar-refractivity contribution in [3.8, 4) is 0 Å². The van der Waals surface area contributed by atoms with E-state index in [9.17, 15) is 9.59 Å². The lowest BCUT2D eigenvalue weighted by atomic mass is 10.2. The highest BCUT2D eigenvalue weighted by Gasteiger charge is 2.32. The molecule has 5 heteroatoms. The molecule has 1 aliphatic heterocycles. The van der Waals surface area contributed by atoms with Gasteiger partial charge in [-0.25, -0.2) is 0 Å². The smallest absolute Gasteiger partial charge is 0.277 e. The van der Waals surface area contributed by atoms with Crippen LogP contribution in [0.25, 0.3) is 0 Å². The predicted molar refractivity (Wildman–Crippen MR) is 74.6 cm³/mol. The van der Waals surface area contributed by atoms with Gasteiger partial charge in [-0.05, 0) is 5.56 Å². The van der Waals surface area contributed by atoms with Gasteiger partial charge in [0, 0.05) is 26.8 Å². The molecule has 0 atom stereocenters. The maximum absolute atomic E-state index is 12.3. The van der Waals surface area contributed by atoms with Crippen molar-refractivity contribution in [1.29, 1.82) is 0 Å². The Labute approximate surface area is 118 Å². The van der Waals surface area contributed by atoms with Crippen molar-refractivity contribution in [3.63, 3.8) is 0 Å². The molecule has 0 aliphatic carbocycles. The van der Waals surface area contributed by atoms with E-state index in [2.05, 4.69) is 0 Å². The van der Waals surface area contributed by atoms with Gasteiger partial charge >= 0.3 is 0 Å². The number of nitrogens with zero attached hydrogens (tertiary/aromatic N) is 2. The summed E-state index contributed by atoms with van der Waals surface area (Å²) >= 11 is 0. The monoisotopic (exact) mass is 274 g/mol. The van der Waals surface area contributed by atoms with Crippen molar-refractivity contribution in [2.75, 3.05) is 27.3 Å². The van der Waals surface area contributed by atoms with Gasteiger partial charge in [0.15, 0.2) is 0 Å². The highest BCUT2D eigenvalue weighted by Crippen LogP contribution is 2.18. The van der Waals surface area contributed by atoms with Crippen molar-refractivity contribution in [2.45, 2.75) is 6.54 Å². The Morgan fingerprint density at radius 2 is 1.90 bits per heavy atom. The maximum atomic E-state index is 12.3. The van der Waals surface area contributed by atoms with Gasteiger partial charge in [0.1, 0.15) is 5.70 Å². The molecule has 0 fully saturated rings. The summed E-state index contributed by atoms with van der Waals surface area (Å²) in [5, 5.41) is 0. The van der Waals surface area contributed by atoms with Crippen LogP contribution in [-0.2, 0) is 20.9 Å². The molecular formula is C15H18N2O3. The van der Waals surface area contributed by atoms with E-state index < -0.39 is 0 Å². The lowest BCUT2D eigenvalue weighted by Gasteiger charge is -2.20. The number of methoxy groups -OCH3 is 1. The SMILES string of the molecule is COCCN(C)C1=CC(=O)N(Cc2ccccc2)C1=O. The van der Waals surface area contributed by atoms with Crippen LogP contribution in [0.2, 0.25) is 0 Å². The summed E-state index contributed by atoms with van der Waals surface area (Å²) in [7, 11) is 3.38. The number of likely N-dealkylation sites (N-methyl/N-ethyl adjacent to an activating group) is 1. The van der Waals surface area contributed by atoms with Crippen molar-refractivity contribution in [2.24, 2.45) is 0 Å². The van der Waals surface area contributed by atoms with E-state index in [4.69, 9.17) is 4.74 Å². The van der Waals surface area contributed by atoms with Gasteiger partial charge in [-0.2, -0.15) is 0 Å². The van der Waals surface area contributed by atoms with Crippen LogP contribution in [0.15, 0.2) is 42.1 Å². The van der Waals surface area contributed by atoms with Crippen molar-refractivity contribution >= 4 is 11.8 Å². The zero-order valence-corrected chi connectivity index (χ0v) is 11.7. The van der Waals surface area contributed by atoms with Gasteiger partial charge < -0.3 is 9.64 Å². The van der Waals surface area contributed by atoms with Crippen molar-refractivity contribution in [1.82, 2.24) is 9.80 Å². The average molecular weight is 274 g/mol. The third kappa shape index (κ3) is 3.05. The molecule has 0 N–H and O–H groups in total. The first-order chi connectivity index (χ1) is 9.63. The van der Waals surface area contributed by atoms with E-state index in [0.717, 1.165) is 5.56 Å². The average Bonchev–Trinajstić information content (AvgIpc) is 2.74. The van der Waals surface area contributed by atoms with Crippen LogP contribution in [0.5, 0.6) is 0 Å². The first kappa shape index (κ1) is 14.3. The Balaban J connectivity index is 2.05. The van der Waals surface area contributed by atoms with E-state index in [1.807, 2.05) is 30.3 Å². The Morgan fingerprint density at radius 3 is 2.55 bits per heavy atom. The minimum absolute atomic E-state index is 0.252. The molecule has 0 saturated heterocycles. The number of benzene rings is 1. The molecule has 106 valence electrons. The number of rotatable bonds is 6. The second-order valence-corrected chi connectivity index (χ2v) is 4.66. The summed E-state index contributed by atoms with van der Waals surface area (Å²) in [6, 6.07) is 9.47. The minimum atomic E-state index is -0.266. The molecule has 0 unspecified atom stereocenters. The molecule has 0 bridgehead atoms. The predicted octanol–water partition coefficient (Wildman–Crippen LogP) is 1.02. The summed E-state index contributed by atoms with van der Waals surface area (Å²) in [5.74, 6) is -0.518. The Kier molecular flexibility index (Phi) is 4.53. The molecule has 0 saturated carbocycles. The number of carbonyl (C=O) groups is 2. The molecule has 2 amide bonds. The fraction of sp³-hybridized carbons (Fsp3) is 0.333. The molecule has 0 spiro atoms. The van der Waals surface area contributed by atoms with Crippen LogP contribution < -0.4 is 0 Å². The number of amides is 2. The summed E-state index contributed by atoms with van der Waals surface area (Å²) in [5.41, 5.74) is 1.35. The standard InChI is InChI=1S/C15H18N2O3/c1-16(8-9-20-2)13-10-14(18)17(15(13)19)11-12-6-4-3-5-7-12/h3-7,10H,8-9,11H2,1-2H3. The van der Waals surface area contributed by atoms with E-state index >= 15 is 0 Å². The Bertz CT molecular complexity index is 525. The van der Waals surface area contributed by atoms with Gasteiger partial charge in [0.25, 0.3) is 11.8 Å². The summed E-state index contributed by atoms with van der Waals surface area (Å²) in [6.45, 7) is 1.38. The molecule has 1 aromatic carbocycles. The third-order valence-electron chi connectivity index (χ3n) is 3.22. The first-order valence-electron chi connectivity index (χ1n) is 6.45. The zero-order valence-electron chi connectivity index (χ0n) is 11.7. The highest BCUT2D eigenvalue weighted by molar-refractivity contribution is 6.15. The molecular weight excluding hydrogens is 256 g/mol. The Morgan fingerprint density at radius 1 is 1.20 bits per heavy atom. The largest absolute Gasteiger partial charge is 0.383 e. The topological polar surface area (TPSA) is 49.9 Å². The molecule has 2 rings (SSSR count). The highest BCUT2D eigenvalue weighted by atomic mass is 16.5. The van der Waals surface area contributed by atoms with Crippen LogP contribution in [0.3, 0.4) is 0 Å². The number of imide groups is 1. The van der Waals surface area contributed by atoms with Crippen molar-refractivity contribution in [3.05, 3.63) is 47.7 Å². The number of ether oxygens (including phenoxy) is 1. The summed E-state index contributed by atoms with van der Waals surface area (Å²) in [4.78, 5) is 27.2. The van der Waals surface area contributed by atoms with E-state index in [1.54, 1.807) is 19.1 Å². The fourth-order valence-corrected chi connectivity index (χ4v) is 2.03. The maximum Gasteiger partial charge on any atom is 0.277 e. The third-order valence-corrected chi connectivity index (χ3v) is 3.22. The molecule has 1 aliphatic rings. The Hall–Kier alpha value is -2.14. The van der Waals surface area contributed by atoms with Gasteiger partial charge in [-0.1, -0.05) is 30.3 Å². The van der Waals surface area contributed by atoms with Crippen molar-refractivity contribution < 1.29 is 14.3 Å². The molecule has 0 aromatic heterocycles. The zero-order chi connectivity index (χ0) is 14.5. The van der Waals surface area contributed by atoms with Crippen LogP contribution in [0.4, 0.5) is 0 Å². The van der Waals surface area contributed by atoms with Crippen LogP contribution in [0.1, 0.15) is 5.56 Å². The van der Waals surface area contributed by atoms with E-state index in [0.29, 0.717) is 25.4 Å². The number of hydrogen-bond donors (Lipinski definition) is 0. The lowest BCUT2D eigenvalue weighted by molar-refractivity contribution is -0.138. The quantitative estimate of drug-likeness (QED) is 0.727.